The highest BCUT2D eigenvalue weighted by atomic mass is 35.5. The molecule has 0 unspecified atom stereocenters. The Morgan fingerprint density at radius 3 is 2.48 bits per heavy atom. The third kappa shape index (κ3) is 4.23. The predicted octanol–water partition coefficient (Wildman–Crippen LogP) is 1.85. The molecular weight excluding hydrogens is 337 g/mol. The first-order valence-electron chi connectivity index (χ1n) is 6.23. The quantitative estimate of drug-likeness (QED) is 0.729. The Balaban J connectivity index is 3.28. The van der Waals surface area contributed by atoms with E-state index in [2.05, 4.69) is 0 Å². The van der Waals surface area contributed by atoms with E-state index < -0.39 is 22.5 Å². The second-order valence-corrected chi connectivity index (χ2v) is 7.12. The van der Waals surface area contributed by atoms with Crippen molar-refractivity contribution in [2.75, 3.05) is 18.8 Å². The lowest BCUT2D eigenvalue weighted by atomic mass is 10.3. The number of unbranched alkanes of at least 4 members (excludes halogenated alkanes) is 1. The molecule has 4 N–H and O–H groups in total. The molecule has 0 heterocycles. The summed E-state index contributed by atoms with van der Waals surface area (Å²) in [5.41, 5.74) is 10.7. The number of hydrogen-bond acceptors (Lipinski definition) is 4. The number of carbonyl (C=O) groups is 1. The summed E-state index contributed by atoms with van der Waals surface area (Å²) in [6, 6.07) is 2.61. The molecule has 0 spiro atoms. The van der Waals surface area contributed by atoms with E-state index in [0.29, 0.717) is 6.42 Å². The van der Waals surface area contributed by atoms with Crippen molar-refractivity contribution in [2.45, 2.75) is 24.7 Å². The summed E-state index contributed by atoms with van der Waals surface area (Å²) in [5.74, 6) is -0.743. The monoisotopic (exact) mass is 353 g/mol. The van der Waals surface area contributed by atoms with Crippen molar-refractivity contribution < 1.29 is 13.2 Å². The Bertz CT molecular complexity index is 635. The lowest BCUT2D eigenvalue weighted by Gasteiger charge is -2.21. The van der Waals surface area contributed by atoms with Crippen molar-refractivity contribution >= 4 is 44.8 Å². The molecule has 0 aliphatic heterocycles. The van der Waals surface area contributed by atoms with Crippen LogP contribution in [0.3, 0.4) is 0 Å². The first-order chi connectivity index (χ1) is 9.71. The van der Waals surface area contributed by atoms with Crippen LogP contribution in [0.2, 0.25) is 10.0 Å². The minimum absolute atomic E-state index is 0.0195. The summed E-state index contributed by atoms with van der Waals surface area (Å²) in [5, 5.41) is 0.00225. The van der Waals surface area contributed by atoms with Crippen LogP contribution in [0.25, 0.3) is 0 Å². The number of sulfonamides is 1. The molecule has 9 heteroatoms. The van der Waals surface area contributed by atoms with E-state index in [1.165, 1.54) is 12.1 Å². The first-order valence-corrected chi connectivity index (χ1v) is 8.43. The van der Waals surface area contributed by atoms with Crippen molar-refractivity contribution in [1.29, 1.82) is 0 Å². The number of nitrogens with zero attached hydrogens (tertiary/aromatic N) is 1. The van der Waals surface area contributed by atoms with E-state index in [1.807, 2.05) is 6.92 Å². The molecule has 0 radical (unpaired) electrons. The fourth-order valence-electron chi connectivity index (χ4n) is 1.68. The van der Waals surface area contributed by atoms with Gasteiger partial charge >= 0.3 is 0 Å². The molecule has 118 valence electrons. The maximum atomic E-state index is 12.6. The summed E-state index contributed by atoms with van der Waals surface area (Å²) in [6.07, 6.45) is 1.36. The van der Waals surface area contributed by atoms with Crippen LogP contribution in [0.4, 0.5) is 5.69 Å². The van der Waals surface area contributed by atoms with Crippen molar-refractivity contribution in [3.05, 3.63) is 22.2 Å². The van der Waals surface area contributed by atoms with Gasteiger partial charge in [0.1, 0.15) is 4.90 Å². The maximum Gasteiger partial charge on any atom is 0.245 e. The van der Waals surface area contributed by atoms with Gasteiger partial charge in [-0.3, -0.25) is 4.79 Å². The second-order valence-electron chi connectivity index (χ2n) is 4.43. The van der Waals surface area contributed by atoms with Crippen LogP contribution in [0, 0.1) is 0 Å². The smallest absolute Gasteiger partial charge is 0.245 e. The van der Waals surface area contributed by atoms with Gasteiger partial charge in [-0.2, -0.15) is 4.31 Å². The van der Waals surface area contributed by atoms with Gasteiger partial charge in [-0.15, -0.1) is 0 Å². The van der Waals surface area contributed by atoms with Crippen LogP contribution in [0.5, 0.6) is 0 Å². The molecule has 6 nitrogen and oxygen atoms in total. The summed E-state index contributed by atoms with van der Waals surface area (Å²) < 4.78 is 26.2. The van der Waals surface area contributed by atoms with E-state index in [0.717, 1.165) is 10.7 Å². The zero-order valence-corrected chi connectivity index (χ0v) is 13.8. The molecule has 0 saturated carbocycles. The number of halogens is 2. The summed E-state index contributed by atoms with van der Waals surface area (Å²) in [7, 11) is -3.98. The van der Waals surface area contributed by atoms with E-state index >= 15 is 0 Å². The number of nitrogens with two attached hydrogens (primary N) is 2. The Hall–Kier alpha value is -1.02. The zero-order valence-electron chi connectivity index (χ0n) is 11.5. The van der Waals surface area contributed by atoms with Gasteiger partial charge in [0.05, 0.1) is 22.3 Å². The minimum Gasteiger partial charge on any atom is -0.396 e. The zero-order chi connectivity index (χ0) is 16.2. The Morgan fingerprint density at radius 1 is 1.33 bits per heavy atom. The third-order valence-corrected chi connectivity index (χ3v) is 5.54. The fourth-order valence-corrected chi connectivity index (χ4v) is 3.86. The summed E-state index contributed by atoms with van der Waals surface area (Å²) >= 11 is 11.8. The largest absolute Gasteiger partial charge is 0.396 e. The van der Waals surface area contributed by atoms with Gasteiger partial charge in [0, 0.05) is 6.54 Å². The molecule has 1 aromatic rings. The Labute approximate surface area is 134 Å². The van der Waals surface area contributed by atoms with Gasteiger partial charge in [0.2, 0.25) is 15.9 Å². The third-order valence-electron chi connectivity index (χ3n) is 2.80. The molecule has 0 aliphatic rings. The topological polar surface area (TPSA) is 106 Å². The van der Waals surface area contributed by atoms with Crippen LogP contribution >= 0.6 is 23.2 Å². The molecule has 0 aliphatic carbocycles. The van der Waals surface area contributed by atoms with E-state index in [-0.39, 0.29) is 27.2 Å². The van der Waals surface area contributed by atoms with Crippen molar-refractivity contribution in [3.63, 3.8) is 0 Å². The minimum atomic E-state index is -3.98. The standard InChI is InChI=1S/C12H17Cl2N3O3S/c1-2-3-6-17(7-10(15)18)21(19,20)9-5-4-8(13)12(16)11(9)14/h4-5H,2-3,6-7,16H2,1H3,(H2,15,18). The number of amides is 1. The van der Waals surface area contributed by atoms with Gasteiger partial charge in [-0.25, -0.2) is 8.42 Å². The van der Waals surface area contributed by atoms with Crippen molar-refractivity contribution in [1.82, 2.24) is 4.31 Å². The summed E-state index contributed by atoms with van der Waals surface area (Å²) in [4.78, 5) is 10.9. The van der Waals surface area contributed by atoms with E-state index in [1.54, 1.807) is 0 Å². The summed E-state index contributed by atoms with van der Waals surface area (Å²) in [6.45, 7) is 1.66. The average Bonchev–Trinajstić information content (AvgIpc) is 2.40. The average molecular weight is 354 g/mol. The van der Waals surface area contributed by atoms with Crippen LogP contribution in [-0.4, -0.2) is 31.7 Å². The molecule has 1 amide bonds. The molecule has 0 aromatic heterocycles. The predicted molar refractivity (Wildman–Crippen MR) is 83.7 cm³/mol. The van der Waals surface area contributed by atoms with Gasteiger partial charge in [0.15, 0.2) is 0 Å². The molecule has 1 aromatic carbocycles. The number of benzene rings is 1. The second kappa shape index (κ2) is 7.31. The molecule has 0 bridgehead atoms. The van der Waals surface area contributed by atoms with Crippen molar-refractivity contribution in [3.8, 4) is 0 Å². The van der Waals surface area contributed by atoms with Crippen LogP contribution in [0.15, 0.2) is 17.0 Å². The molecule has 1 rings (SSSR count). The SMILES string of the molecule is CCCCN(CC(N)=O)S(=O)(=O)c1ccc(Cl)c(N)c1Cl. The van der Waals surface area contributed by atoms with Crippen LogP contribution in [0.1, 0.15) is 19.8 Å². The normalized spacial score (nSPS) is 11.8. The number of primary amides is 1. The van der Waals surface area contributed by atoms with Gasteiger partial charge in [-0.05, 0) is 18.6 Å². The Kier molecular flexibility index (Phi) is 6.27. The number of hydrogen-bond donors (Lipinski definition) is 2. The maximum absolute atomic E-state index is 12.6. The highest BCUT2D eigenvalue weighted by molar-refractivity contribution is 7.89. The van der Waals surface area contributed by atoms with Crippen LogP contribution in [-0.2, 0) is 14.8 Å². The molecule has 0 saturated heterocycles. The highest BCUT2D eigenvalue weighted by Gasteiger charge is 2.28. The van der Waals surface area contributed by atoms with Gasteiger partial charge in [-0.1, -0.05) is 36.5 Å². The van der Waals surface area contributed by atoms with Gasteiger partial charge in [0.25, 0.3) is 0 Å². The Morgan fingerprint density at radius 2 is 1.95 bits per heavy atom. The highest BCUT2D eigenvalue weighted by Crippen LogP contribution is 2.34. The number of carbonyl (C=O) groups excluding carboxylic acids is 1. The molecule has 21 heavy (non-hydrogen) atoms. The molecular formula is C12H17Cl2N3O3S. The number of rotatable bonds is 7. The lowest BCUT2D eigenvalue weighted by Crippen LogP contribution is -2.39. The fraction of sp³-hybridized carbons (Fsp3) is 0.417. The lowest BCUT2D eigenvalue weighted by molar-refractivity contribution is -0.118. The number of anilines is 1. The van der Waals surface area contributed by atoms with Crippen LogP contribution < -0.4 is 11.5 Å². The van der Waals surface area contributed by atoms with Gasteiger partial charge < -0.3 is 11.5 Å². The van der Waals surface area contributed by atoms with E-state index in [9.17, 15) is 13.2 Å². The molecule has 0 atom stereocenters. The first kappa shape index (κ1) is 18.0. The van der Waals surface area contributed by atoms with Crippen molar-refractivity contribution in [2.24, 2.45) is 5.73 Å². The molecule has 0 fully saturated rings. The number of nitrogen functional groups attached to an aromatic ring is 1. The van der Waals surface area contributed by atoms with E-state index in [4.69, 9.17) is 34.7 Å².